The zero-order valence-corrected chi connectivity index (χ0v) is 14.9. The highest BCUT2D eigenvalue weighted by atomic mass is 19.1. The van der Waals surface area contributed by atoms with Crippen molar-refractivity contribution in [2.24, 2.45) is 0 Å². The molecule has 0 spiro atoms. The lowest BCUT2D eigenvalue weighted by Crippen LogP contribution is -2.23. The second-order valence-corrected chi connectivity index (χ2v) is 6.33. The van der Waals surface area contributed by atoms with Crippen LogP contribution >= 0.6 is 0 Å². The highest BCUT2D eigenvalue weighted by Crippen LogP contribution is 2.29. The van der Waals surface area contributed by atoms with Crippen molar-refractivity contribution in [1.82, 2.24) is 15.3 Å². The summed E-state index contributed by atoms with van der Waals surface area (Å²) in [5.41, 5.74) is 8.75. The molecule has 0 aliphatic heterocycles. The lowest BCUT2D eigenvalue weighted by Gasteiger charge is -2.11. The molecule has 0 saturated heterocycles. The third-order valence-corrected chi connectivity index (χ3v) is 4.48. The molecule has 0 atom stereocenters. The maximum Gasteiger partial charge on any atom is 0.253 e. The standard InChI is InChI=1S/C22H17FN4O/c23-16-5-3-4-14(10-16)15-7-8-18-19(11-15)21(24)26-13-20(18)22(28)27-12-17-6-1-2-9-25-17/h1-11,13H,12H2,(H2,24,26)(H,27,28). The van der Waals surface area contributed by atoms with Crippen molar-refractivity contribution in [3.63, 3.8) is 0 Å². The van der Waals surface area contributed by atoms with Crippen molar-refractivity contribution in [2.45, 2.75) is 6.54 Å². The number of hydrogen-bond acceptors (Lipinski definition) is 4. The molecule has 0 fully saturated rings. The lowest BCUT2D eigenvalue weighted by atomic mass is 9.99. The quantitative estimate of drug-likeness (QED) is 0.568. The fraction of sp³-hybridized carbons (Fsp3) is 0.0455. The Kier molecular flexibility index (Phi) is 4.68. The second kappa shape index (κ2) is 7.44. The number of carbonyl (C=O) groups is 1. The number of hydrogen-bond donors (Lipinski definition) is 2. The average Bonchev–Trinajstić information content (AvgIpc) is 2.73. The van der Waals surface area contributed by atoms with Crippen molar-refractivity contribution in [1.29, 1.82) is 0 Å². The number of pyridine rings is 2. The number of nitrogens with two attached hydrogens (primary N) is 1. The number of anilines is 1. The Morgan fingerprint density at radius 2 is 1.82 bits per heavy atom. The third kappa shape index (κ3) is 3.53. The molecule has 0 aliphatic carbocycles. The number of fused-ring (bicyclic) bond motifs is 1. The maximum absolute atomic E-state index is 13.5. The number of amides is 1. The monoisotopic (exact) mass is 372 g/mol. The molecule has 2 heterocycles. The van der Waals surface area contributed by atoms with Crippen molar-refractivity contribution < 1.29 is 9.18 Å². The maximum atomic E-state index is 13.5. The van der Waals surface area contributed by atoms with E-state index in [0.29, 0.717) is 28.7 Å². The summed E-state index contributed by atoms with van der Waals surface area (Å²) in [6.07, 6.45) is 3.14. The molecule has 2 aromatic carbocycles. The van der Waals surface area contributed by atoms with Crippen LogP contribution in [0.4, 0.5) is 10.2 Å². The van der Waals surface area contributed by atoms with Crippen molar-refractivity contribution >= 4 is 22.5 Å². The van der Waals surface area contributed by atoms with Crippen molar-refractivity contribution in [3.05, 3.63) is 90.1 Å². The van der Waals surface area contributed by atoms with E-state index in [0.717, 1.165) is 16.8 Å². The van der Waals surface area contributed by atoms with E-state index < -0.39 is 0 Å². The Labute approximate surface area is 161 Å². The lowest BCUT2D eigenvalue weighted by molar-refractivity contribution is 0.0952. The van der Waals surface area contributed by atoms with Crippen LogP contribution < -0.4 is 11.1 Å². The zero-order valence-electron chi connectivity index (χ0n) is 14.9. The molecule has 3 N–H and O–H groups in total. The number of nitrogens with one attached hydrogen (secondary N) is 1. The van der Waals surface area contributed by atoms with E-state index in [-0.39, 0.29) is 11.7 Å². The minimum Gasteiger partial charge on any atom is -0.383 e. The Bertz CT molecular complexity index is 1160. The van der Waals surface area contributed by atoms with Gasteiger partial charge in [0.15, 0.2) is 0 Å². The van der Waals surface area contributed by atoms with Crippen LogP contribution in [0.15, 0.2) is 73.1 Å². The average molecular weight is 372 g/mol. The fourth-order valence-corrected chi connectivity index (χ4v) is 3.06. The van der Waals surface area contributed by atoms with Crippen LogP contribution in [0, 0.1) is 5.82 Å². The zero-order chi connectivity index (χ0) is 19.5. The molecule has 0 saturated carbocycles. The number of rotatable bonds is 4. The topological polar surface area (TPSA) is 80.9 Å². The van der Waals surface area contributed by atoms with Gasteiger partial charge < -0.3 is 11.1 Å². The molecule has 28 heavy (non-hydrogen) atoms. The van der Waals surface area contributed by atoms with E-state index in [1.165, 1.54) is 18.3 Å². The normalized spacial score (nSPS) is 10.8. The van der Waals surface area contributed by atoms with Gasteiger partial charge in [0, 0.05) is 17.8 Å². The summed E-state index contributed by atoms with van der Waals surface area (Å²) in [6, 6.07) is 17.3. The first kappa shape index (κ1) is 17.6. The Morgan fingerprint density at radius 3 is 2.61 bits per heavy atom. The molecular weight excluding hydrogens is 355 g/mol. The molecule has 2 aromatic heterocycles. The van der Waals surface area contributed by atoms with Crippen LogP contribution in [0.2, 0.25) is 0 Å². The molecule has 1 amide bonds. The third-order valence-electron chi connectivity index (χ3n) is 4.48. The van der Waals surface area contributed by atoms with Crippen LogP contribution in [0.25, 0.3) is 21.9 Å². The molecule has 4 aromatic rings. The van der Waals surface area contributed by atoms with Crippen LogP contribution in [0.3, 0.4) is 0 Å². The first-order valence-electron chi connectivity index (χ1n) is 8.74. The summed E-state index contributed by atoms with van der Waals surface area (Å²) in [6.45, 7) is 0.312. The van der Waals surface area contributed by atoms with Gasteiger partial charge >= 0.3 is 0 Å². The number of nitrogen functional groups attached to an aromatic ring is 1. The summed E-state index contributed by atoms with van der Waals surface area (Å²) >= 11 is 0. The van der Waals surface area contributed by atoms with E-state index >= 15 is 0 Å². The van der Waals surface area contributed by atoms with Crippen molar-refractivity contribution in [2.75, 3.05) is 5.73 Å². The van der Waals surface area contributed by atoms with E-state index in [1.807, 2.05) is 42.5 Å². The van der Waals surface area contributed by atoms with Crippen LogP contribution in [0.1, 0.15) is 16.1 Å². The van der Waals surface area contributed by atoms with Crippen LogP contribution in [-0.2, 0) is 6.54 Å². The Morgan fingerprint density at radius 1 is 0.964 bits per heavy atom. The van der Waals surface area contributed by atoms with Gasteiger partial charge in [-0.1, -0.05) is 30.3 Å². The largest absolute Gasteiger partial charge is 0.383 e. The van der Waals surface area contributed by atoms with E-state index in [1.54, 1.807) is 12.3 Å². The minimum atomic E-state index is -0.314. The molecule has 0 radical (unpaired) electrons. The molecule has 0 unspecified atom stereocenters. The summed E-state index contributed by atoms with van der Waals surface area (Å²) in [4.78, 5) is 21.0. The Hall–Kier alpha value is -3.80. The van der Waals surface area contributed by atoms with E-state index in [4.69, 9.17) is 5.73 Å². The number of nitrogens with zero attached hydrogens (tertiary/aromatic N) is 2. The molecule has 6 heteroatoms. The van der Waals surface area contributed by atoms with Gasteiger partial charge in [-0.15, -0.1) is 0 Å². The van der Waals surface area contributed by atoms with Gasteiger partial charge in [-0.2, -0.15) is 0 Å². The van der Waals surface area contributed by atoms with Gasteiger partial charge in [0.25, 0.3) is 5.91 Å². The molecule has 0 bridgehead atoms. The van der Waals surface area contributed by atoms with Crippen molar-refractivity contribution in [3.8, 4) is 11.1 Å². The Balaban J connectivity index is 1.68. The van der Waals surface area contributed by atoms with Gasteiger partial charge in [0.1, 0.15) is 11.6 Å². The molecule has 4 rings (SSSR count). The molecule has 5 nitrogen and oxygen atoms in total. The fourth-order valence-electron chi connectivity index (χ4n) is 3.06. The van der Waals surface area contributed by atoms with Gasteiger partial charge in [-0.3, -0.25) is 9.78 Å². The number of aromatic nitrogens is 2. The van der Waals surface area contributed by atoms with Crippen LogP contribution in [0.5, 0.6) is 0 Å². The summed E-state index contributed by atoms with van der Waals surface area (Å²) in [5, 5.41) is 4.18. The number of halogens is 1. The van der Waals surface area contributed by atoms with Crippen LogP contribution in [-0.4, -0.2) is 15.9 Å². The van der Waals surface area contributed by atoms with E-state index in [9.17, 15) is 9.18 Å². The number of benzene rings is 2. The summed E-state index contributed by atoms with van der Waals surface area (Å²) in [7, 11) is 0. The van der Waals surface area contributed by atoms with Gasteiger partial charge in [0.05, 0.1) is 17.8 Å². The minimum absolute atomic E-state index is 0.262. The highest BCUT2D eigenvalue weighted by molar-refractivity contribution is 6.09. The predicted octanol–water partition coefficient (Wildman–Crippen LogP) is 3.95. The molecule has 0 aliphatic rings. The van der Waals surface area contributed by atoms with Gasteiger partial charge in [-0.25, -0.2) is 9.37 Å². The smallest absolute Gasteiger partial charge is 0.253 e. The predicted molar refractivity (Wildman–Crippen MR) is 107 cm³/mol. The van der Waals surface area contributed by atoms with E-state index in [2.05, 4.69) is 15.3 Å². The SMILES string of the molecule is Nc1ncc(C(=O)NCc2ccccn2)c2ccc(-c3cccc(F)c3)cc12. The second-order valence-electron chi connectivity index (χ2n) is 6.33. The summed E-state index contributed by atoms with van der Waals surface area (Å²) < 4.78 is 13.5. The first-order chi connectivity index (χ1) is 13.6. The number of carbonyl (C=O) groups excluding carboxylic acids is 1. The van der Waals surface area contributed by atoms with Gasteiger partial charge in [-0.05, 0) is 46.8 Å². The van der Waals surface area contributed by atoms with Gasteiger partial charge in [0.2, 0.25) is 0 Å². The molecule has 138 valence electrons. The first-order valence-corrected chi connectivity index (χ1v) is 8.74. The molecular formula is C22H17FN4O. The highest BCUT2D eigenvalue weighted by Gasteiger charge is 2.14. The summed E-state index contributed by atoms with van der Waals surface area (Å²) in [5.74, 6) is -0.262.